The molecule has 6 nitrogen and oxygen atoms in total. The van der Waals surface area contributed by atoms with Gasteiger partial charge in [-0.3, -0.25) is 14.5 Å². The number of amides is 1. The smallest absolute Gasteiger partial charge is 0.384 e. The van der Waals surface area contributed by atoms with E-state index >= 15 is 0 Å². The molecule has 34 heavy (non-hydrogen) atoms. The molecule has 3 N–H and O–H groups in total. The maximum absolute atomic E-state index is 14.3. The second kappa shape index (κ2) is 7.18. The number of carbonyl (C=O) groups excluding carboxylic acids is 2. The van der Waals surface area contributed by atoms with Gasteiger partial charge in [-0.15, -0.1) is 0 Å². The predicted molar refractivity (Wildman–Crippen MR) is 113 cm³/mol. The fraction of sp³-hybridized carbons (Fsp3) is 0.208. The summed E-state index contributed by atoms with van der Waals surface area (Å²) in [6.45, 7) is 0. The van der Waals surface area contributed by atoms with Crippen LogP contribution in [0.1, 0.15) is 30.4 Å². The van der Waals surface area contributed by atoms with E-state index in [4.69, 9.17) is 5.73 Å². The van der Waals surface area contributed by atoms with E-state index in [1.165, 1.54) is 24.3 Å². The van der Waals surface area contributed by atoms with E-state index < -0.39 is 46.1 Å². The highest BCUT2D eigenvalue weighted by Crippen LogP contribution is 2.55. The Hall–Kier alpha value is -4.13. The average molecular weight is 468 g/mol. The number of allylic oxidation sites excluding steroid dienone is 1. The summed E-state index contributed by atoms with van der Waals surface area (Å²) in [6.07, 6.45) is -4.29. The second-order valence-electron chi connectivity index (χ2n) is 8.21. The van der Waals surface area contributed by atoms with Crippen LogP contribution in [0.4, 0.5) is 28.9 Å². The first-order valence-corrected chi connectivity index (χ1v) is 10.4. The molecule has 5 rings (SSSR count). The molecule has 2 aromatic rings. The SMILES string of the molecule is N#CC1=C(N)N(c2ccccc2C(F)(F)F)C2=C(C(=O)CCC2)C12C(=O)Nc1ccc(F)cc12. The highest BCUT2D eigenvalue weighted by atomic mass is 19.4. The molecule has 0 bridgehead atoms. The first-order valence-electron chi connectivity index (χ1n) is 10.4. The molecule has 0 radical (unpaired) electrons. The average Bonchev–Trinajstić information content (AvgIpc) is 3.05. The van der Waals surface area contributed by atoms with Crippen molar-refractivity contribution in [2.45, 2.75) is 30.9 Å². The van der Waals surface area contributed by atoms with Crippen molar-refractivity contribution in [3.05, 3.63) is 82.1 Å². The zero-order valence-corrected chi connectivity index (χ0v) is 17.5. The molecule has 2 heterocycles. The van der Waals surface area contributed by atoms with Gasteiger partial charge in [-0.25, -0.2) is 4.39 Å². The topological polar surface area (TPSA) is 99.2 Å². The van der Waals surface area contributed by atoms with Crippen molar-refractivity contribution in [2.75, 3.05) is 10.2 Å². The Balaban J connectivity index is 1.90. The third kappa shape index (κ3) is 2.73. The zero-order valence-electron chi connectivity index (χ0n) is 17.5. The number of rotatable bonds is 1. The van der Waals surface area contributed by atoms with Crippen molar-refractivity contribution in [2.24, 2.45) is 5.73 Å². The maximum Gasteiger partial charge on any atom is 0.418 e. The summed E-state index contributed by atoms with van der Waals surface area (Å²) in [5.74, 6) is -2.41. The quantitative estimate of drug-likeness (QED) is 0.610. The van der Waals surface area contributed by atoms with Gasteiger partial charge in [-0.2, -0.15) is 18.4 Å². The molecule has 0 saturated heterocycles. The molecule has 1 amide bonds. The summed E-state index contributed by atoms with van der Waals surface area (Å²) in [5.41, 5.74) is 2.65. The van der Waals surface area contributed by atoms with E-state index in [0.29, 0.717) is 6.42 Å². The van der Waals surface area contributed by atoms with Crippen LogP contribution in [0, 0.1) is 17.1 Å². The number of alkyl halides is 3. The Morgan fingerprint density at radius 1 is 1.12 bits per heavy atom. The summed E-state index contributed by atoms with van der Waals surface area (Å²) in [7, 11) is 0. The minimum Gasteiger partial charge on any atom is -0.384 e. The van der Waals surface area contributed by atoms with Crippen LogP contribution in [0.3, 0.4) is 0 Å². The third-order valence-corrected chi connectivity index (χ3v) is 6.44. The number of nitrogens with one attached hydrogen (secondary N) is 1. The normalized spacial score (nSPS) is 22.0. The molecule has 1 spiro atoms. The van der Waals surface area contributed by atoms with E-state index in [2.05, 4.69) is 5.32 Å². The van der Waals surface area contributed by atoms with Gasteiger partial charge in [0.15, 0.2) is 5.78 Å². The van der Waals surface area contributed by atoms with E-state index in [1.54, 1.807) is 0 Å². The Kier molecular flexibility index (Phi) is 4.59. The molecule has 10 heteroatoms. The number of Topliss-reactive ketones (excluding diaryl/α,β-unsaturated/α-hetero) is 1. The number of anilines is 2. The lowest BCUT2D eigenvalue weighted by Gasteiger charge is -2.44. The highest BCUT2D eigenvalue weighted by molar-refractivity contribution is 6.19. The minimum atomic E-state index is -4.75. The van der Waals surface area contributed by atoms with Crippen molar-refractivity contribution < 1.29 is 27.2 Å². The summed E-state index contributed by atoms with van der Waals surface area (Å²) in [5, 5.41) is 12.7. The van der Waals surface area contributed by atoms with Gasteiger partial charge in [0.2, 0.25) is 5.91 Å². The molecule has 0 fully saturated rings. The number of hydrogen-bond acceptors (Lipinski definition) is 5. The molecule has 0 saturated carbocycles. The first kappa shape index (κ1) is 21.7. The fourth-order valence-corrected chi connectivity index (χ4v) is 5.15. The summed E-state index contributed by atoms with van der Waals surface area (Å²) in [6, 6.07) is 9.98. The number of hydrogen-bond donors (Lipinski definition) is 2. The standard InChI is InChI=1S/C24H16F4N4O2/c25-12-8-9-16-14(10-12)23(22(34)31-16)15(11-29)21(30)32(18-6-3-7-19(33)20(18)23)17-5-2-1-4-13(17)24(26,27)28/h1-2,4-5,8-10H,3,6-7,30H2,(H,31,34). The van der Waals surface area contributed by atoms with Crippen LogP contribution in [-0.2, 0) is 21.2 Å². The van der Waals surface area contributed by atoms with E-state index in [9.17, 15) is 32.4 Å². The van der Waals surface area contributed by atoms with Gasteiger partial charge < -0.3 is 11.1 Å². The summed E-state index contributed by atoms with van der Waals surface area (Å²) >= 11 is 0. The van der Waals surface area contributed by atoms with Gasteiger partial charge in [-0.05, 0) is 43.2 Å². The Bertz CT molecular complexity index is 1390. The van der Waals surface area contributed by atoms with Crippen molar-refractivity contribution >= 4 is 23.1 Å². The molecule has 0 aromatic heterocycles. The molecule has 2 aliphatic heterocycles. The zero-order chi connectivity index (χ0) is 24.4. The molecular formula is C24H16F4N4O2. The fourth-order valence-electron chi connectivity index (χ4n) is 5.15. The second-order valence-corrected chi connectivity index (χ2v) is 8.21. The van der Waals surface area contributed by atoms with Crippen LogP contribution in [0.25, 0.3) is 0 Å². The van der Waals surface area contributed by atoms with E-state index in [1.807, 2.05) is 6.07 Å². The maximum atomic E-state index is 14.3. The number of nitrogens with zero attached hydrogens (tertiary/aromatic N) is 2. The Labute approximate surface area is 190 Å². The summed E-state index contributed by atoms with van der Waals surface area (Å²) < 4.78 is 55.9. The molecular weight excluding hydrogens is 452 g/mol. The van der Waals surface area contributed by atoms with Crippen molar-refractivity contribution in [3.8, 4) is 6.07 Å². The molecule has 2 aromatic carbocycles. The number of nitrogens with two attached hydrogens (primary N) is 1. The van der Waals surface area contributed by atoms with Crippen LogP contribution in [0.2, 0.25) is 0 Å². The third-order valence-electron chi connectivity index (χ3n) is 6.44. The van der Waals surface area contributed by atoms with Crippen LogP contribution >= 0.6 is 0 Å². The number of para-hydroxylation sites is 1. The van der Waals surface area contributed by atoms with Gasteiger partial charge in [-0.1, -0.05) is 12.1 Å². The van der Waals surface area contributed by atoms with Crippen molar-refractivity contribution in [1.82, 2.24) is 0 Å². The van der Waals surface area contributed by atoms with Gasteiger partial charge in [0, 0.05) is 28.9 Å². The molecule has 1 unspecified atom stereocenters. The van der Waals surface area contributed by atoms with Crippen LogP contribution in [-0.4, -0.2) is 11.7 Å². The van der Waals surface area contributed by atoms with Gasteiger partial charge in [0.05, 0.1) is 16.8 Å². The number of ketones is 1. The monoisotopic (exact) mass is 468 g/mol. The molecule has 1 aliphatic carbocycles. The van der Waals surface area contributed by atoms with Gasteiger partial charge in [0.1, 0.15) is 23.1 Å². The first-order chi connectivity index (χ1) is 16.1. The molecule has 1 atom stereocenters. The number of nitriles is 1. The Morgan fingerprint density at radius 3 is 2.56 bits per heavy atom. The largest absolute Gasteiger partial charge is 0.418 e. The number of benzene rings is 2. The van der Waals surface area contributed by atoms with Crippen LogP contribution in [0.15, 0.2) is 65.1 Å². The lowest BCUT2D eigenvalue weighted by molar-refractivity contribution is -0.137. The number of fused-ring (bicyclic) bond motifs is 3. The van der Waals surface area contributed by atoms with Crippen molar-refractivity contribution in [1.29, 1.82) is 5.26 Å². The van der Waals surface area contributed by atoms with Crippen molar-refractivity contribution in [3.63, 3.8) is 0 Å². The lowest BCUT2D eigenvalue weighted by Crippen LogP contribution is -2.51. The van der Waals surface area contributed by atoms with Crippen LogP contribution < -0.4 is 16.0 Å². The number of halogens is 4. The van der Waals surface area contributed by atoms with Crippen LogP contribution in [0.5, 0.6) is 0 Å². The van der Waals surface area contributed by atoms with E-state index in [0.717, 1.165) is 23.1 Å². The molecule has 3 aliphatic rings. The van der Waals surface area contributed by atoms with E-state index in [-0.39, 0.29) is 41.1 Å². The number of carbonyl (C=O) groups is 2. The molecule has 172 valence electrons. The summed E-state index contributed by atoms with van der Waals surface area (Å²) in [4.78, 5) is 27.8. The van der Waals surface area contributed by atoms with Gasteiger partial charge in [0.25, 0.3) is 0 Å². The minimum absolute atomic E-state index is 0.0197. The Morgan fingerprint density at radius 2 is 1.85 bits per heavy atom. The highest BCUT2D eigenvalue weighted by Gasteiger charge is 2.60. The lowest BCUT2D eigenvalue weighted by atomic mass is 9.63. The predicted octanol–water partition coefficient (Wildman–Crippen LogP) is 4.26. The van der Waals surface area contributed by atoms with Gasteiger partial charge >= 0.3 is 6.18 Å².